The molecule has 0 fully saturated rings. The minimum atomic E-state index is -3.66. The normalized spacial score (nSPS) is 11.6. The molecule has 1 N–H and O–H groups in total. The zero-order valence-corrected chi connectivity index (χ0v) is 19.6. The predicted octanol–water partition coefficient (Wildman–Crippen LogP) is 2.10. The number of amides is 1. The molecule has 0 saturated carbocycles. The van der Waals surface area contributed by atoms with E-state index >= 15 is 0 Å². The number of fused-ring (bicyclic) bond motifs is 1. The Morgan fingerprint density at radius 3 is 2.56 bits per heavy atom. The van der Waals surface area contributed by atoms with Gasteiger partial charge in [-0.2, -0.15) is 0 Å². The predicted molar refractivity (Wildman–Crippen MR) is 121 cm³/mol. The van der Waals surface area contributed by atoms with E-state index < -0.39 is 21.7 Å². The lowest BCUT2D eigenvalue weighted by Crippen LogP contribution is -2.25. The third-order valence-corrected chi connectivity index (χ3v) is 6.42. The molecule has 1 amide bonds. The Labute approximate surface area is 194 Å². The Morgan fingerprint density at radius 1 is 1.26 bits per heavy atom. The van der Waals surface area contributed by atoms with Gasteiger partial charge in [0, 0.05) is 38.2 Å². The lowest BCUT2D eigenvalue weighted by atomic mass is 10.0. The molecule has 0 unspecified atom stereocenters. The monoisotopic (exact) mass is 488 g/mol. The number of aryl methyl sites for hydroxylation is 1. The molecule has 0 radical (unpaired) electrons. The zero-order chi connectivity index (χ0) is 24.6. The molecule has 2 heterocycles. The van der Waals surface area contributed by atoms with Gasteiger partial charge in [-0.3, -0.25) is 9.10 Å². The van der Waals surface area contributed by atoms with E-state index in [1.54, 1.807) is 7.05 Å². The summed E-state index contributed by atoms with van der Waals surface area (Å²) in [5, 5.41) is 14.1. The Bertz CT molecular complexity index is 1480. The summed E-state index contributed by atoms with van der Waals surface area (Å²) >= 11 is 0. The van der Waals surface area contributed by atoms with E-state index in [0.717, 1.165) is 10.6 Å². The van der Waals surface area contributed by atoms with Crippen molar-refractivity contribution in [3.63, 3.8) is 0 Å². The van der Waals surface area contributed by atoms with Crippen molar-refractivity contribution < 1.29 is 26.8 Å². The van der Waals surface area contributed by atoms with Gasteiger partial charge in [0.05, 0.1) is 17.5 Å². The topological polar surface area (TPSA) is 132 Å². The highest BCUT2D eigenvalue weighted by atomic mass is 32.2. The van der Waals surface area contributed by atoms with E-state index in [9.17, 15) is 17.6 Å². The Kier molecular flexibility index (Phi) is 5.96. The van der Waals surface area contributed by atoms with Crippen LogP contribution in [0.15, 0.2) is 40.8 Å². The molecule has 4 aromatic rings. The molecule has 0 aliphatic rings. The van der Waals surface area contributed by atoms with Gasteiger partial charge in [-0.15, -0.1) is 5.10 Å². The second kappa shape index (κ2) is 8.74. The minimum Gasteiger partial charge on any atom is -0.483 e. The summed E-state index contributed by atoms with van der Waals surface area (Å²) < 4.78 is 52.4. The molecular formula is C21H21FN6O5S. The van der Waals surface area contributed by atoms with E-state index in [1.807, 2.05) is 0 Å². The van der Waals surface area contributed by atoms with Crippen LogP contribution in [0.1, 0.15) is 16.2 Å². The summed E-state index contributed by atoms with van der Waals surface area (Å²) in [7, 11) is 0.820. The van der Waals surface area contributed by atoms with Gasteiger partial charge in [-0.1, -0.05) is 0 Å². The number of tetrazole rings is 1. The van der Waals surface area contributed by atoms with Crippen LogP contribution in [0.2, 0.25) is 0 Å². The molecule has 0 atom stereocenters. The summed E-state index contributed by atoms with van der Waals surface area (Å²) in [5.41, 5.74) is 1.11. The first-order chi connectivity index (χ1) is 16.1. The average molecular weight is 489 g/mol. The Hall–Kier alpha value is -4.00. The smallest absolute Gasteiger partial charge is 0.255 e. The number of carbonyl (C=O) groups excluding carboxylic acids is 1. The fourth-order valence-corrected chi connectivity index (χ4v) is 3.82. The van der Waals surface area contributed by atoms with Crippen molar-refractivity contribution in [3.8, 4) is 17.1 Å². The fourth-order valence-electron chi connectivity index (χ4n) is 3.32. The van der Waals surface area contributed by atoms with Crippen molar-refractivity contribution in [2.24, 2.45) is 7.05 Å². The molecule has 0 aliphatic carbocycles. The molecule has 0 spiro atoms. The van der Waals surface area contributed by atoms with Crippen LogP contribution < -0.4 is 14.4 Å². The van der Waals surface area contributed by atoms with E-state index in [0.29, 0.717) is 16.8 Å². The number of nitrogens with one attached hydrogen (secondary N) is 1. The van der Waals surface area contributed by atoms with Gasteiger partial charge in [-0.05, 0) is 40.8 Å². The first-order valence-electron chi connectivity index (χ1n) is 9.96. The average Bonchev–Trinajstić information content (AvgIpc) is 3.38. The number of benzene rings is 2. The Morgan fingerprint density at radius 2 is 1.97 bits per heavy atom. The highest BCUT2D eigenvalue weighted by Gasteiger charge is 2.26. The number of hydrogen-bond acceptors (Lipinski definition) is 8. The molecule has 0 saturated heterocycles. The molecule has 0 bridgehead atoms. The number of hydrogen-bond donors (Lipinski definition) is 1. The number of ether oxygens (including phenoxy) is 1. The van der Waals surface area contributed by atoms with Crippen LogP contribution in [0.25, 0.3) is 22.3 Å². The van der Waals surface area contributed by atoms with E-state index in [1.165, 1.54) is 55.2 Å². The lowest BCUT2D eigenvalue weighted by Gasteiger charge is -2.20. The van der Waals surface area contributed by atoms with Crippen LogP contribution in [0.5, 0.6) is 5.75 Å². The summed E-state index contributed by atoms with van der Waals surface area (Å²) in [6, 6.07) is 8.48. The third kappa shape index (κ3) is 4.29. The minimum absolute atomic E-state index is 0.0579. The zero-order valence-electron chi connectivity index (χ0n) is 18.7. The van der Waals surface area contributed by atoms with Gasteiger partial charge >= 0.3 is 0 Å². The Balaban J connectivity index is 1.93. The van der Waals surface area contributed by atoms with Gasteiger partial charge in [0.15, 0.2) is 5.82 Å². The second-order valence-electron chi connectivity index (χ2n) is 7.45. The van der Waals surface area contributed by atoms with Gasteiger partial charge in [-0.25, -0.2) is 17.5 Å². The van der Waals surface area contributed by atoms with Crippen LogP contribution in [0.3, 0.4) is 0 Å². The van der Waals surface area contributed by atoms with Gasteiger partial charge in [0.25, 0.3) is 5.91 Å². The summed E-state index contributed by atoms with van der Waals surface area (Å²) in [6.45, 7) is -0.0579. The number of nitrogens with zero attached hydrogens (tertiary/aromatic N) is 5. The number of furan rings is 1. The summed E-state index contributed by atoms with van der Waals surface area (Å²) in [6.07, 6.45) is 1.05. The lowest BCUT2D eigenvalue weighted by molar-refractivity contribution is 0.0964. The SMILES string of the molecule is CNC(=O)c1c(-c2ccc(F)cc2)oc2cc(N(C)S(C)(=O)=O)c(OCc3nnnn3C)cc12. The van der Waals surface area contributed by atoms with Crippen molar-refractivity contribution in [1.29, 1.82) is 0 Å². The van der Waals surface area contributed by atoms with Gasteiger partial charge in [0.2, 0.25) is 10.0 Å². The highest BCUT2D eigenvalue weighted by Crippen LogP contribution is 2.41. The molecule has 11 nitrogen and oxygen atoms in total. The molecule has 13 heteroatoms. The third-order valence-electron chi connectivity index (χ3n) is 5.23. The van der Waals surface area contributed by atoms with E-state index in [4.69, 9.17) is 9.15 Å². The number of carbonyl (C=O) groups is 1. The number of rotatable bonds is 7. The first-order valence-corrected chi connectivity index (χ1v) is 11.8. The van der Waals surface area contributed by atoms with Gasteiger partial charge in [0.1, 0.15) is 29.5 Å². The first kappa shape index (κ1) is 23.2. The van der Waals surface area contributed by atoms with E-state index in [2.05, 4.69) is 20.8 Å². The fraction of sp³-hybridized carbons (Fsp3) is 0.238. The maximum atomic E-state index is 13.5. The molecule has 2 aromatic heterocycles. The number of aromatic nitrogens is 4. The molecule has 34 heavy (non-hydrogen) atoms. The maximum Gasteiger partial charge on any atom is 0.255 e. The molecule has 0 aliphatic heterocycles. The van der Waals surface area contributed by atoms with Gasteiger partial charge < -0.3 is 14.5 Å². The van der Waals surface area contributed by atoms with E-state index in [-0.39, 0.29) is 35.0 Å². The standard InChI is InChI=1S/C21H21FN6O5S/c1-23-21(29)19-14-9-17(32-11-18-24-25-26-27(18)2)15(28(3)34(4,30)31)10-16(14)33-20(19)12-5-7-13(22)8-6-12/h5-10H,11H2,1-4H3,(H,23,29). The quantitative estimate of drug-likeness (QED) is 0.418. The van der Waals surface area contributed by atoms with Crippen molar-refractivity contribution in [3.05, 3.63) is 53.6 Å². The van der Waals surface area contributed by atoms with Crippen LogP contribution in [0.4, 0.5) is 10.1 Å². The molecule has 4 rings (SSSR count). The van der Waals surface area contributed by atoms with Crippen molar-refractivity contribution in [1.82, 2.24) is 25.5 Å². The van der Waals surface area contributed by atoms with Crippen molar-refractivity contribution in [2.45, 2.75) is 6.61 Å². The number of sulfonamides is 1. The summed E-state index contributed by atoms with van der Waals surface area (Å²) in [4.78, 5) is 12.8. The number of halogens is 1. The largest absolute Gasteiger partial charge is 0.483 e. The summed E-state index contributed by atoms with van der Waals surface area (Å²) in [5.74, 6) is -0.103. The number of anilines is 1. The molecule has 178 valence electrons. The van der Waals surface area contributed by atoms with Crippen molar-refractivity contribution in [2.75, 3.05) is 24.7 Å². The van der Waals surface area contributed by atoms with Crippen LogP contribution in [-0.4, -0.2) is 54.9 Å². The molecule has 2 aromatic carbocycles. The van der Waals surface area contributed by atoms with Crippen LogP contribution >= 0.6 is 0 Å². The molecular weight excluding hydrogens is 467 g/mol. The second-order valence-corrected chi connectivity index (χ2v) is 9.46. The van der Waals surface area contributed by atoms with Crippen molar-refractivity contribution >= 4 is 32.6 Å². The highest BCUT2D eigenvalue weighted by molar-refractivity contribution is 7.92. The van der Waals surface area contributed by atoms with Crippen LogP contribution in [0, 0.1) is 5.82 Å². The maximum absolute atomic E-state index is 13.5. The van der Waals surface area contributed by atoms with Crippen LogP contribution in [-0.2, 0) is 23.7 Å².